The summed E-state index contributed by atoms with van der Waals surface area (Å²) in [6.45, 7) is 2.34. The summed E-state index contributed by atoms with van der Waals surface area (Å²) in [6, 6.07) is 8.50. The number of carbonyl (C=O) groups excluding carboxylic acids is 1. The molecule has 2 aromatic rings. The summed E-state index contributed by atoms with van der Waals surface area (Å²) in [5, 5.41) is 1.35. The van der Waals surface area contributed by atoms with E-state index in [2.05, 4.69) is 29.2 Å². The average Bonchev–Trinajstić information content (AvgIpc) is 2.83. The molecule has 3 rings (SSSR count). The number of nitrogens with one attached hydrogen (secondary N) is 1. The number of aromatic amines is 1. The number of aryl methyl sites for hydroxylation is 1. The third-order valence-corrected chi connectivity index (χ3v) is 4.26. The zero-order valence-electron chi connectivity index (χ0n) is 11.9. The number of aromatic nitrogens is 1. The first-order valence-electron chi connectivity index (χ1n) is 7.52. The van der Waals surface area contributed by atoms with Crippen LogP contribution in [0.1, 0.15) is 37.4 Å². The van der Waals surface area contributed by atoms with E-state index >= 15 is 0 Å². The normalized spacial score (nSPS) is 17.9. The van der Waals surface area contributed by atoms with Gasteiger partial charge in [0, 0.05) is 23.0 Å². The molecule has 0 aliphatic heterocycles. The second-order valence-electron chi connectivity index (χ2n) is 5.58. The largest absolute Gasteiger partial charge is 0.466 e. The van der Waals surface area contributed by atoms with E-state index in [9.17, 15) is 4.79 Å². The highest BCUT2D eigenvalue weighted by Crippen LogP contribution is 2.33. The highest BCUT2D eigenvalue weighted by atomic mass is 16.5. The number of ether oxygens (including phenoxy) is 1. The van der Waals surface area contributed by atoms with E-state index in [1.807, 2.05) is 6.92 Å². The lowest BCUT2D eigenvalue weighted by Crippen LogP contribution is -2.15. The number of benzene rings is 1. The third-order valence-electron chi connectivity index (χ3n) is 4.26. The predicted molar refractivity (Wildman–Crippen MR) is 79.7 cm³/mol. The molecule has 1 aliphatic carbocycles. The Morgan fingerprint density at radius 3 is 3.10 bits per heavy atom. The molecule has 1 atom stereocenters. The zero-order valence-corrected chi connectivity index (χ0v) is 11.9. The molecule has 3 nitrogen and oxygen atoms in total. The van der Waals surface area contributed by atoms with E-state index in [0.717, 1.165) is 19.3 Å². The molecule has 1 heterocycles. The van der Waals surface area contributed by atoms with Crippen molar-refractivity contribution in [2.45, 2.75) is 39.0 Å². The van der Waals surface area contributed by atoms with Gasteiger partial charge in [-0.15, -0.1) is 0 Å². The first-order valence-corrected chi connectivity index (χ1v) is 7.52. The second kappa shape index (κ2) is 5.70. The van der Waals surface area contributed by atoms with Crippen LogP contribution in [-0.2, 0) is 22.4 Å². The van der Waals surface area contributed by atoms with Gasteiger partial charge in [0.1, 0.15) is 0 Å². The van der Waals surface area contributed by atoms with Crippen molar-refractivity contribution < 1.29 is 9.53 Å². The fourth-order valence-corrected chi connectivity index (χ4v) is 3.24. The van der Waals surface area contributed by atoms with Crippen LogP contribution in [-0.4, -0.2) is 17.6 Å². The predicted octanol–water partition coefficient (Wildman–Crippen LogP) is 3.62. The number of carbonyl (C=O) groups is 1. The topological polar surface area (TPSA) is 42.1 Å². The van der Waals surface area contributed by atoms with Crippen LogP contribution < -0.4 is 0 Å². The Kier molecular flexibility index (Phi) is 3.77. The molecular weight excluding hydrogens is 250 g/mol. The zero-order chi connectivity index (χ0) is 13.9. The number of esters is 1. The number of hydrogen-bond donors (Lipinski definition) is 1. The smallest absolute Gasteiger partial charge is 0.305 e. The van der Waals surface area contributed by atoms with Gasteiger partial charge < -0.3 is 9.72 Å². The van der Waals surface area contributed by atoms with E-state index in [1.165, 1.54) is 28.6 Å². The molecule has 1 N–H and O–H groups in total. The standard InChI is InChI=1S/C17H21NO2/c1-2-20-17(19)10-8-12-7-9-16-14(11-12)13-5-3-4-6-15(13)18-16/h3-6,12,18H,2,7-11H2,1H3/t12-/m0/s1. The molecule has 106 valence electrons. The Bertz CT molecular complexity index is 614. The number of H-pyrrole nitrogens is 1. The van der Waals surface area contributed by atoms with Crippen LogP contribution in [0.25, 0.3) is 10.9 Å². The molecule has 1 aromatic heterocycles. The van der Waals surface area contributed by atoms with E-state index < -0.39 is 0 Å². The van der Waals surface area contributed by atoms with Gasteiger partial charge in [-0.2, -0.15) is 0 Å². The van der Waals surface area contributed by atoms with Gasteiger partial charge in [-0.25, -0.2) is 0 Å². The molecule has 3 heteroatoms. The van der Waals surface area contributed by atoms with Crippen LogP contribution >= 0.6 is 0 Å². The lowest BCUT2D eigenvalue weighted by Gasteiger charge is -2.22. The second-order valence-corrected chi connectivity index (χ2v) is 5.58. The minimum atomic E-state index is -0.0581. The quantitative estimate of drug-likeness (QED) is 0.863. The van der Waals surface area contributed by atoms with Crippen molar-refractivity contribution in [3.05, 3.63) is 35.5 Å². The monoisotopic (exact) mass is 271 g/mol. The maximum Gasteiger partial charge on any atom is 0.305 e. The van der Waals surface area contributed by atoms with Crippen LogP contribution in [0.3, 0.4) is 0 Å². The van der Waals surface area contributed by atoms with Crippen LogP contribution in [0.15, 0.2) is 24.3 Å². The minimum absolute atomic E-state index is 0.0581. The van der Waals surface area contributed by atoms with Crippen LogP contribution in [0, 0.1) is 5.92 Å². The van der Waals surface area contributed by atoms with Gasteiger partial charge in [0.25, 0.3) is 0 Å². The molecule has 0 amide bonds. The lowest BCUT2D eigenvalue weighted by atomic mass is 9.84. The van der Waals surface area contributed by atoms with Gasteiger partial charge in [0.05, 0.1) is 6.61 Å². The van der Waals surface area contributed by atoms with Crippen LogP contribution in [0.5, 0.6) is 0 Å². The first-order chi connectivity index (χ1) is 9.78. The molecule has 1 aromatic carbocycles. The summed E-state index contributed by atoms with van der Waals surface area (Å²) in [6.07, 6.45) is 4.84. The third kappa shape index (κ3) is 2.58. The maximum absolute atomic E-state index is 11.5. The molecular formula is C17H21NO2. The number of para-hydroxylation sites is 1. The highest BCUT2D eigenvalue weighted by molar-refractivity contribution is 5.84. The van der Waals surface area contributed by atoms with Gasteiger partial charge in [-0.1, -0.05) is 18.2 Å². The first kappa shape index (κ1) is 13.2. The Morgan fingerprint density at radius 1 is 1.40 bits per heavy atom. The molecule has 0 spiro atoms. The van der Waals surface area contributed by atoms with E-state index in [4.69, 9.17) is 4.74 Å². The summed E-state index contributed by atoms with van der Waals surface area (Å²) in [4.78, 5) is 15.0. The van der Waals surface area contributed by atoms with Gasteiger partial charge in [-0.3, -0.25) is 4.79 Å². The molecule has 0 saturated heterocycles. The van der Waals surface area contributed by atoms with E-state index in [0.29, 0.717) is 18.9 Å². The van der Waals surface area contributed by atoms with E-state index in [-0.39, 0.29) is 5.97 Å². The Hall–Kier alpha value is -1.77. The molecule has 0 unspecified atom stereocenters. The fraction of sp³-hybridized carbons (Fsp3) is 0.471. The van der Waals surface area contributed by atoms with Crippen molar-refractivity contribution in [1.82, 2.24) is 4.98 Å². The average molecular weight is 271 g/mol. The van der Waals surface area contributed by atoms with Crippen molar-refractivity contribution in [3.8, 4) is 0 Å². The van der Waals surface area contributed by atoms with Crippen molar-refractivity contribution >= 4 is 16.9 Å². The summed E-state index contributed by atoms with van der Waals surface area (Å²) in [5.74, 6) is 0.545. The van der Waals surface area contributed by atoms with Gasteiger partial charge in [0.2, 0.25) is 0 Å². The fourth-order valence-electron chi connectivity index (χ4n) is 3.24. The Labute approximate surface area is 119 Å². The number of rotatable bonds is 4. The van der Waals surface area contributed by atoms with Gasteiger partial charge >= 0.3 is 5.97 Å². The number of hydrogen-bond acceptors (Lipinski definition) is 2. The molecule has 20 heavy (non-hydrogen) atoms. The lowest BCUT2D eigenvalue weighted by molar-refractivity contribution is -0.143. The molecule has 0 saturated carbocycles. The van der Waals surface area contributed by atoms with Crippen molar-refractivity contribution in [1.29, 1.82) is 0 Å². The molecule has 1 aliphatic rings. The van der Waals surface area contributed by atoms with Crippen LogP contribution in [0.4, 0.5) is 0 Å². The van der Waals surface area contributed by atoms with Crippen molar-refractivity contribution in [2.24, 2.45) is 5.92 Å². The Morgan fingerprint density at radius 2 is 2.25 bits per heavy atom. The van der Waals surface area contributed by atoms with Crippen molar-refractivity contribution in [2.75, 3.05) is 6.61 Å². The van der Waals surface area contributed by atoms with Gasteiger partial charge in [-0.05, 0) is 50.2 Å². The minimum Gasteiger partial charge on any atom is -0.466 e. The molecule has 0 fully saturated rings. The van der Waals surface area contributed by atoms with Crippen molar-refractivity contribution in [3.63, 3.8) is 0 Å². The molecule has 0 bridgehead atoms. The Balaban J connectivity index is 1.70. The summed E-state index contributed by atoms with van der Waals surface area (Å²) < 4.78 is 5.01. The highest BCUT2D eigenvalue weighted by Gasteiger charge is 2.22. The van der Waals surface area contributed by atoms with Crippen LogP contribution in [0.2, 0.25) is 0 Å². The number of fused-ring (bicyclic) bond motifs is 3. The summed E-state index contributed by atoms with van der Waals surface area (Å²) in [7, 11) is 0. The summed E-state index contributed by atoms with van der Waals surface area (Å²) in [5.41, 5.74) is 4.09. The maximum atomic E-state index is 11.5. The van der Waals surface area contributed by atoms with E-state index in [1.54, 1.807) is 0 Å². The summed E-state index contributed by atoms with van der Waals surface area (Å²) >= 11 is 0. The SMILES string of the molecule is CCOC(=O)CC[C@@H]1CCc2[nH]c3ccccc3c2C1. The van der Waals surface area contributed by atoms with Gasteiger partial charge in [0.15, 0.2) is 0 Å². The molecule has 0 radical (unpaired) electrons.